The van der Waals surface area contributed by atoms with E-state index in [1.165, 1.54) is 21.9 Å². The van der Waals surface area contributed by atoms with Crippen molar-refractivity contribution in [3.63, 3.8) is 0 Å². The number of nitrogens with zero attached hydrogens (tertiary/aromatic N) is 5. The van der Waals surface area contributed by atoms with E-state index in [4.69, 9.17) is 19.2 Å². The van der Waals surface area contributed by atoms with Crippen molar-refractivity contribution in [3.8, 4) is 16.9 Å². The van der Waals surface area contributed by atoms with Crippen LogP contribution in [0.4, 0.5) is 0 Å². The Labute approximate surface area is 404 Å². The standard InChI is InChI=1S/C52H70N8O9/c1-10-59-41-16-15-32-23-37(41)38(47(59)36-13-11-17-53-43(36)30(4)67-9)24-52(5,6)28-69-51(66)39-14-12-18-60(56-39)49(64)40(21-31-19-33(32)22-35(61)20-31)54-48(63)46(29(2)3)58(8)42(62)25-57(7)50(65)45-44(55-45)34-26-68-27-34/h15-17,19-20,22-23,29-30,34,39-40,44-46,55-56,61H,10-14,18,21,24-28H2,1-9H3,(H,54,63)/t30-,39-,40-,44-,45+,46-/m0/s1. The van der Waals surface area contributed by atoms with Crippen molar-refractivity contribution in [2.24, 2.45) is 22.2 Å². The van der Waals surface area contributed by atoms with Gasteiger partial charge in [0, 0.05) is 80.8 Å². The van der Waals surface area contributed by atoms with E-state index >= 15 is 0 Å². The van der Waals surface area contributed by atoms with E-state index in [9.17, 15) is 29.1 Å². The maximum absolute atomic E-state index is 14.8. The number of likely N-dealkylation sites (N-methyl/N-ethyl adjacent to an activating group) is 2. The van der Waals surface area contributed by atoms with Crippen molar-refractivity contribution in [1.29, 1.82) is 0 Å². The molecule has 4 N–H and O–H groups in total. The van der Waals surface area contributed by atoms with Crippen LogP contribution in [0.1, 0.15) is 84.0 Å². The Kier molecular flexibility index (Phi) is 14.7. The molecule has 5 aliphatic heterocycles. The number of phenolic OH excluding ortho intramolecular Hbond substituents is 1. The Hall–Kier alpha value is -5.62. The van der Waals surface area contributed by atoms with E-state index in [-0.39, 0.29) is 67.8 Å². The van der Waals surface area contributed by atoms with E-state index in [2.05, 4.69) is 53.5 Å². The van der Waals surface area contributed by atoms with Crippen LogP contribution in [-0.4, -0.2) is 151 Å². The Morgan fingerprint density at radius 2 is 1.84 bits per heavy atom. The first-order valence-electron chi connectivity index (χ1n) is 24.6. The second kappa shape index (κ2) is 20.4. The zero-order chi connectivity index (χ0) is 49.5. The summed E-state index contributed by atoms with van der Waals surface area (Å²) in [6.45, 7) is 14.0. The lowest BCUT2D eigenvalue weighted by atomic mass is 9.83. The lowest BCUT2D eigenvalue weighted by Gasteiger charge is -2.37. The molecule has 0 saturated carbocycles. The van der Waals surface area contributed by atoms with Crippen LogP contribution in [0, 0.1) is 17.3 Å². The summed E-state index contributed by atoms with van der Waals surface area (Å²) in [5.41, 5.74) is 9.98. The normalized spacial score (nSPS) is 23.8. The number of aryl methyl sites for hydroxylation is 1. The molecule has 69 heavy (non-hydrogen) atoms. The van der Waals surface area contributed by atoms with E-state index in [0.29, 0.717) is 44.6 Å². The number of hydrogen-bond acceptors (Lipinski definition) is 12. The summed E-state index contributed by atoms with van der Waals surface area (Å²) in [6, 6.07) is 8.15. The van der Waals surface area contributed by atoms with Gasteiger partial charge in [-0.3, -0.25) is 39.3 Å². The van der Waals surface area contributed by atoms with E-state index in [1.54, 1.807) is 26.3 Å². The summed E-state index contributed by atoms with van der Waals surface area (Å²) in [5, 5.41) is 20.0. The molecule has 0 spiro atoms. The number of carbonyl (C=O) groups excluding carboxylic acids is 5. The number of aliphatic imine (C=N–C) groups is 1. The largest absolute Gasteiger partial charge is 0.508 e. The van der Waals surface area contributed by atoms with Crippen LogP contribution in [0.5, 0.6) is 5.75 Å². The van der Waals surface area contributed by atoms with Crippen LogP contribution in [0.25, 0.3) is 27.6 Å². The number of aromatic nitrogens is 1. The quantitative estimate of drug-likeness (QED) is 0.149. The number of hydrazine groups is 1. The first-order valence-corrected chi connectivity index (χ1v) is 24.6. The van der Waals surface area contributed by atoms with Crippen LogP contribution in [-0.2, 0) is 57.6 Å². The van der Waals surface area contributed by atoms with Crippen LogP contribution in [0.3, 0.4) is 0 Å². The van der Waals surface area contributed by atoms with Gasteiger partial charge in [0.15, 0.2) is 0 Å². The molecule has 0 unspecified atom stereocenters. The minimum absolute atomic E-state index is 0.0113. The minimum Gasteiger partial charge on any atom is -0.508 e. The van der Waals surface area contributed by atoms with Crippen LogP contribution in [0.2, 0.25) is 0 Å². The van der Waals surface area contributed by atoms with Gasteiger partial charge >= 0.3 is 5.97 Å². The summed E-state index contributed by atoms with van der Waals surface area (Å²) in [5.74, 6) is -2.28. The Morgan fingerprint density at radius 3 is 2.54 bits per heavy atom. The average molecular weight is 951 g/mol. The topological polar surface area (TPSA) is 206 Å². The summed E-state index contributed by atoms with van der Waals surface area (Å²) in [7, 11) is 4.80. The lowest BCUT2D eigenvalue weighted by Crippen LogP contribution is -2.62. The third-order valence-corrected chi connectivity index (χ3v) is 14.5. The van der Waals surface area contributed by atoms with Gasteiger partial charge in [0.25, 0.3) is 5.91 Å². The molecule has 6 atom stereocenters. The summed E-state index contributed by atoms with van der Waals surface area (Å²) < 4.78 is 19.6. The number of nitrogens with one attached hydrogen (secondary N) is 3. The second-order valence-corrected chi connectivity index (χ2v) is 20.7. The van der Waals surface area contributed by atoms with Crippen molar-refractivity contribution < 1.29 is 43.3 Å². The van der Waals surface area contributed by atoms with Crippen molar-refractivity contribution in [3.05, 3.63) is 58.9 Å². The fourth-order valence-corrected chi connectivity index (χ4v) is 10.5. The molecule has 17 nitrogen and oxygen atoms in total. The number of rotatable bonds is 12. The van der Waals surface area contributed by atoms with Crippen molar-refractivity contribution in [1.82, 2.24) is 35.4 Å². The van der Waals surface area contributed by atoms with E-state index < -0.39 is 47.2 Å². The molecule has 6 heterocycles. The van der Waals surface area contributed by atoms with E-state index in [0.717, 1.165) is 57.4 Å². The van der Waals surface area contributed by atoms with Gasteiger partial charge in [-0.05, 0) is 98.4 Å². The lowest BCUT2D eigenvalue weighted by molar-refractivity contribution is -0.155. The Bertz CT molecular complexity index is 2540. The highest BCUT2D eigenvalue weighted by atomic mass is 16.5. The number of phenols is 1. The van der Waals surface area contributed by atoms with Crippen molar-refractivity contribution >= 4 is 52.3 Å². The number of fused-ring (bicyclic) bond motifs is 6. The molecule has 3 aromatic rings. The highest BCUT2D eigenvalue weighted by Gasteiger charge is 2.50. The van der Waals surface area contributed by atoms with Crippen LogP contribution >= 0.6 is 0 Å². The number of esters is 1. The summed E-state index contributed by atoms with van der Waals surface area (Å²) in [6.07, 6.45) is 4.78. The molecule has 3 saturated heterocycles. The van der Waals surface area contributed by atoms with Crippen LogP contribution in [0.15, 0.2) is 47.1 Å². The fourth-order valence-electron chi connectivity index (χ4n) is 10.5. The van der Waals surface area contributed by atoms with Gasteiger partial charge in [-0.1, -0.05) is 39.8 Å². The molecule has 1 aromatic heterocycles. The average Bonchev–Trinajstić information content (AvgIpc) is 4.02. The molecular weight excluding hydrogens is 881 g/mol. The van der Waals surface area contributed by atoms with Gasteiger partial charge in [-0.25, -0.2) is 5.43 Å². The first-order chi connectivity index (χ1) is 32.9. The molecule has 6 bridgehead atoms. The molecule has 0 aliphatic carbocycles. The first kappa shape index (κ1) is 49.8. The number of ether oxygens (including phenoxy) is 3. The summed E-state index contributed by atoms with van der Waals surface area (Å²) >= 11 is 0. The molecule has 8 rings (SSSR count). The van der Waals surface area contributed by atoms with E-state index in [1.807, 2.05) is 39.1 Å². The SMILES string of the molecule is CCn1c(C2=C([C@H](C)OC)N=CCC2)c2c3cc(ccc31)-c1cc(O)cc(c1)C[C@H](NC(=O)[C@H](C(C)C)N(C)C(=O)CN(C)C(=O)[C@@H]1N[C@H]1C1COC1)C(=O)N1CCC[C@H](N1)C(=O)OCC(C)(C)C2. The molecule has 0 radical (unpaired) electrons. The molecule has 3 fully saturated rings. The molecule has 372 valence electrons. The number of methoxy groups -OCH3 is 1. The maximum Gasteiger partial charge on any atom is 0.324 e. The number of cyclic esters (lactones) is 1. The molecule has 5 aliphatic rings. The number of hydrogen-bond donors (Lipinski definition) is 4. The van der Waals surface area contributed by atoms with Gasteiger partial charge in [0.05, 0.1) is 43.9 Å². The predicted octanol–water partition coefficient (Wildman–Crippen LogP) is 4.22. The summed E-state index contributed by atoms with van der Waals surface area (Å²) in [4.78, 5) is 77.9. The number of allylic oxidation sites excluding steroid dienone is 1. The number of carbonyl (C=O) groups is 5. The molecule has 2 aromatic carbocycles. The van der Waals surface area contributed by atoms with Crippen molar-refractivity contribution in [2.45, 2.75) is 123 Å². The Balaban J connectivity index is 1.15. The molecule has 4 amide bonds. The predicted molar refractivity (Wildman–Crippen MR) is 262 cm³/mol. The van der Waals surface area contributed by atoms with Gasteiger partial charge < -0.3 is 39.0 Å². The third-order valence-electron chi connectivity index (χ3n) is 14.5. The number of aromatic hydroxyl groups is 1. The zero-order valence-electron chi connectivity index (χ0n) is 41.6. The highest BCUT2D eigenvalue weighted by Crippen LogP contribution is 2.42. The zero-order valence-corrected chi connectivity index (χ0v) is 41.6. The van der Waals surface area contributed by atoms with Crippen LogP contribution < -0.4 is 16.1 Å². The second-order valence-electron chi connectivity index (χ2n) is 20.7. The number of benzene rings is 2. The van der Waals surface area contributed by atoms with Gasteiger partial charge in [-0.2, -0.15) is 0 Å². The highest BCUT2D eigenvalue weighted by molar-refractivity contribution is 5.96. The van der Waals surface area contributed by atoms with Crippen molar-refractivity contribution in [2.75, 3.05) is 54.1 Å². The molecule has 17 heteroatoms. The van der Waals surface area contributed by atoms with Gasteiger partial charge in [0.1, 0.15) is 29.9 Å². The van der Waals surface area contributed by atoms with Gasteiger partial charge in [0.2, 0.25) is 17.7 Å². The molecular formula is C52H70N8O9. The maximum atomic E-state index is 14.8. The van der Waals surface area contributed by atoms with Gasteiger partial charge in [-0.15, -0.1) is 0 Å². The smallest absolute Gasteiger partial charge is 0.324 e. The third kappa shape index (κ3) is 10.5. The Morgan fingerprint density at radius 1 is 1.07 bits per heavy atom. The fraction of sp³-hybridized carbons (Fsp3) is 0.577. The minimum atomic E-state index is -1.18. The monoisotopic (exact) mass is 951 g/mol. The number of amides is 4.